The molecule has 5 rings (SSSR count). The molecule has 3 aromatic rings. The summed E-state index contributed by atoms with van der Waals surface area (Å²) in [7, 11) is 0. The van der Waals surface area contributed by atoms with Crippen LogP contribution in [0.25, 0.3) is 10.8 Å². The first kappa shape index (κ1) is 14.5. The summed E-state index contributed by atoms with van der Waals surface area (Å²) in [5.41, 5.74) is 3.15. The predicted molar refractivity (Wildman–Crippen MR) is 94.0 cm³/mol. The van der Waals surface area contributed by atoms with Gasteiger partial charge in [0.25, 0.3) is 0 Å². The number of amides is 1. The molecule has 0 saturated heterocycles. The van der Waals surface area contributed by atoms with Crippen LogP contribution in [-0.2, 0) is 23.4 Å². The van der Waals surface area contributed by atoms with Crippen LogP contribution >= 0.6 is 0 Å². The minimum Gasteiger partial charge on any atom is -0.392 e. The molecule has 0 atom stereocenters. The van der Waals surface area contributed by atoms with E-state index in [-0.39, 0.29) is 17.9 Å². The standard InChI is InChI=1S/C20H17N3O2/c24-12-15-14-4-2-1-3-13(14)9-22-17(15)11-23-18-10-21-8-5-16(18)20(6-7-20)19(23)25/h1-5,8-10,24H,6-7,11-12H2. The number of fused-ring (bicyclic) bond motifs is 3. The van der Waals surface area contributed by atoms with Crippen molar-refractivity contribution < 1.29 is 9.90 Å². The summed E-state index contributed by atoms with van der Waals surface area (Å²) < 4.78 is 0. The summed E-state index contributed by atoms with van der Waals surface area (Å²) in [6.07, 6.45) is 7.12. The maximum Gasteiger partial charge on any atom is 0.238 e. The summed E-state index contributed by atoms with van der Waals surface area (Å²) in [5.74, 6) is 0.134. The van der Waals surface area contributed by atoms with Crippen LogP contribution in [0.3, 0.4) is 0 Å². The molecule has 1 aromatic carbocycles. The predicted octanol–water partition coefficient (Wildman–Crippen LogP) is 2.70. The molecule has 5 nitrogen and oxygen atoms in total. The second kappa shape index (κ2) is 5.10. The number of nitrogens with zero attached hydrogens (tertiary/aromatic N) is 3. The molecule has 2 aliphatic rings. The van der Waals surface area contributed by atoms with Gasteiger partial charge in [-0.15, -0.1) is 0 Å². The number of pyridine rings is 2. The number of benzene rings is 1. The van der Waals surface area contributed by atoms with Crippen LogP contribution in [-0.4, -0.2) is 21.0 Å². The van der Waals surface area contributed by atoms with E-state index < -0.39 is 0 Å². The second-order valence-corrected chi connectivity index (χ2v) is 6.80. The molecule has 25 heavy (non-hydrogen) atoms. The number of hydrogen-bond donors (Lipinski definition) is 1. The van der Waals surface area contributed by atoms with E-state index >= 15 is 0 Å². The van der Waals surface area contributed by atoms with Crippen LogP contribution in [0.5, 0.6) is 0 Å². The molecule has 3 heterocycles. The van der Waals surface area contributed by atoms with Crippen molar-refractivity contribution in [1.29, 1.82) is 0 Å². The van der Waals surface area contributed by atoms with Crippen LogP contribution in [0.15, 0.2) is 48.9 Å². The third-order valence-electron chi connectivity index (χ3n) is 5.47. The van der Waals surface area contributed by atoms with Crippen LogP contribution in [0.2, 0.25) is 0 Å². The lowest BCUT2D eigenvalue weighted by Crippen LogP contribution is -2.32. The Morgan fingerprint density at radius 2 is 2.00 bits per heavy atom. The first-order chi connectivity index (χ1) is 12.2. The van der Waals surface area contributed by atoms with Gasteiger partial charge in [0.05, 0.1) is 36.1 Å². The Morgan fingerprint density at radius 1 is 1.16 bits per heavy atom. The largest absolute Gasteiger partial charge is 0.392 e. The molecule has 1 fully saturated rings. The van der Waals surface area contributed by atoms with Crippen LogP contribution in [0, 0.1) is 0 Å². The Morgan fingerprint density at radius 3 is 2.80 bits per heavy atom. The van der Waals surface area contributed by atoms with E-state index in [1.165, 1.54) is 0 Å². The maximum absolute atomic E-state index is 13.0. The van der Waals surface area contributed by atoms with Crippen molar-refractivity contribution in [1.82, 2.24) is 9.97 Å². The monoisotopic (exact) mass is 331 g/mol. The minimum absolute atomic E-state index is 0.100. The van der Waals surface area contributed by atoms with Crippen molar-refractivity contribution in [2.24, 2.45) is 0 Å². The van der Waals surface area contributed by atoms with Gasteiger partial charge in [-0.2, -0.15) is 0 Å². The molecule has 0 bridgehead atoms. The summed E-state index contributed by atoms with van der Waals surface area (Å²) >= 11 is 0. The first-order valence-corrected chi connectivity index (χ1v) is 8.47. The molecule has 1 aliphatic heterocycles. The number of anilines is 1. The van der Waals surface area contributed by atoms with E-state index in [0.717, 1.165) is 46.1 Å². The fourth-order valence-corrected chi connectivity index (χ4v) is 3.98. The zero-order valence-corrected chi connectivity index (χ0v) is 13.6. The molecule has 1 saturated carbocycles. The lowest BCUT2D eigenvalue weighted by atomic mass is 9.99. The Bertz CT molecular complexity index is 1010. The van der Waals surface area contributed by atoms with Crippen LogP contribution in [0.1, 0.15) is 29.7 Å². The molecule has 2 aromatic heterocycles. The summed E-state index contributed by atoms with van der Waals surface area (Å²) in [6.45, 7) is 0.261. The topological polar surface area (TPSA) is 66.3 Å². The fourth-order valence-electron chi connectivity index (χ4n) is 3.98. The van der Waals surface area contributed by atoms with Crippen LogP contribution in [0.4, 0.5) is 5.69 Å². The molecule has 0 radical (unpaired) electrons. The lowest BCUT2D eigenvalue weighted by Gasteiger charge is -2.19. The maximum atomic E-state index is 13.0. The van der Waals surface area contributed by atoms with Crippen molar-refractivity contribution in [2.45, 2.75) is 31.4 Å². The highest BCUT2D eigenvalue weighted by Crippen LogP contribution is 2.57. The van der Waals surface area contributed by atoms with E-state index in [2.05, 4.69) is 9.97 Å². The zero-order valence-electron chi connectivity index (χ0n) is 13.6. The molecule has 1 N–H and O–H groups in total. The molecule has 1 spiro atoms. The molecule has 0 unspecified atom stereocenters. The molecule has 124 valence electrons. The third kappa shape index (κ3) is 1.96. The number of aliphatic hydroxyl groups is 1. The highest BCUT2D eigenvalue weighted by atomic mass is 16.3. The van der Waals surface area contributed by atoms with Gasteiger partial charge in [-0.3, -0.25) is 14.8 Å². The quantitative estimate of drug-likeness (QED) is 0.801. The zero-order chi connectivity index (χ0) is 17.0. The number of carbonyl (C=O) groups excluding carboxylic acids is 1. The van der Waals surface area contributed by atoms with E-state index in [1.54, 1.807) is 23.5 Å². The highest BCUT2D eigenvalue weighted by molar-refractivity contribution is 6.09. The van der Waals surface area contributed by atoms with Gasteiger partial charge in [0, 0.05) is 23.3 Å². The summed E-state index contributed by atoms with van der Waals surface area (Å²) in [4.78, 5) is 23.6. The Balaban J connectivity index is 1.61. The highest BCUT2D eigenvalue weighted by Gasteiger charge is 2.59. The summed E-state index contributed by atoms with van der Waals surface area (Å²) in [6, 6.07) is 9.82. The minimum atomic E-state index is -0.339. The number of rotatable bonds is 3. The molecule has 1 aliphatic carbocycles. The lowest BCUT2D eigenvalue weighted by molar-refractivity contribution is -0.120. The molecule has 1 amide bonds. The van der Waals surface area contributed by atoms with Gasteiger partial charge in [-0.25, -0.2) is 0 Å². The van der Waals surface area contributed by atoms with E-state index in [4.69, 9.17) is 0 Å². The van der Waals surface area contributed by atoms with Gasteiger partial charge in [0.1, 0.15) is 0 Å². The smallest absolute Gasteiger partial charge is 0.238 e. The average molecular weight is 331 g/mol. The first-order valence-electron chi connectivity index (χ1n) is 8.47. The SMILES string of the molecule is O=C1N(Cc2ncc3ccccc3c2CO)c2cnccc2C12CC2. The van der Waals surface area contributed by atoms with Crippen molar-refractivity contribution in [3.63, 3.8) is 0 Å². The molecular formula is C20H17N3O2. The number of hydrogen-bond acceptors (Lipinski definition) is 4. The van der Waals surface area contributed by atoms with E-state index in [9.17, 15) is 9.90 Å². The summed E-state index contributed by atoms with van der Waals surface area (Å²) in [5, 5.41) is 11.9. The normalized spacial score (nSPS) is 17.3. The second-order valence-electron chi connectivity index (χ2n) is 6.80. The van der Waals surface area contributed by atoms with Crippen molar-refractivity contribution in [3.8, 4) is 0 Å². The Hall–Kier alpha value is -2.79. The Labute approximate surface area is 145 Å². The van der Waals surface area contributed by atoms with Gasteiger partial charge in [0.2, 0.25) is 5.91 Å². The van der Waals surface area contributed by atoms with Gasteiger partial charge in [-0.1, -0.05) is 24.3 Å². The van der Waals surface area contributed by atoms with Crippen LogP contribution < -0.4 is 4.90 Å². The Kier molecular flexibility index (Phi) is 2.97. The van der Waals surface area contributed by atoms with Gasteiger partial charge >= 0.3 is 0 Å². The van der Waals surface area contributed by atoms with E-state index in [1.807, 2.05) is 30.3 Å². The van der Waals surface area contributed by atoms with E-state index in [0.29, 0.717) is 6.54 Å². The number of aromatic nitrogens is 2. The van der Waals surface area contributed by atoms with Crippen molar-refractivity contribution >= 4 is 22.4 Å². The number of aliphatic hydroxyl groups excluding tert-OH is 1. The van der Waals surface area contributed by atoms with Crippen molar-refractivity contribution in [2.75, 3.05) is 4.90 Å². The molecular weight excluding hydrogens is 314 g/mol. The average Bonchev–Trinajstić information content (AvgIpc) is 3.43. The number of carbonyl (C=O) groups is 1. The third-order valence-corrected chi connectivity index (χ3v) is 5.47. The van der Waals surface area contributed by atoms with Gasteiger partial charge in [0.15, 0.2) is 0 Å². The van der Waals surface area contributed by atoms with Gasteiger partial charge < -0.3 is 10.0 Å². The van der Waals surface area contributed by atoms with Gasteiger partial charge in [-0.05, 0) is 29.9 Å². The van der Waals surface area contributed by atoms with Crippen molar-refractivity contribution in [3.05, 3.63) is 65.7 Å². The molecule has 5 heteroatoms. The fraction of sp³-hybridized carbons (Fsp3) is 0.250.